The van der Waals surface area contributed by atoms with E-state index in [-0.39, 0.29) is 11.8 Å². The number of H-pyrrole nitrogens is 1. The Morgan fingerprint density at radius 3 is 3.04 bits per heavy atom. The van der Waals surface area contributed by atoms with Gasteiger partial charge in [-0.05, 0) is 18.2 Å². The van der Waals surface area contributed by atoms with Crippen LogP contribution in [0.25, 0.3) is 11.5 Å². The first-order valence-corrected chi connectivity index (χ1v) is 7.42. The minimum absolute atomic E-state index is 0.152. The Hall–Kier alpha value is -3.02. The second-order valence-corrected chi connectivity index (χ2v) is 5.35. The summed E-state index contributed by atoms with van der Waals surface area (Å²) in [5, 5.41) is 0. The normalized spacial score (nSPS) is 19.5. The number of carbonyl (C=O) groups excluding carboxylic acids is 1. The highest BCUT2D eigenvalue weighted by Crippen LogP contribution is 2.19. The predicted molar refractivity (Wildman–Crippen MR) is 86.3 cm³/mol. The number of aromatic amines is 1. The topological polar surface area (TPSA) is 83.6 Å². The number of allylic oxidation sites excluding steroid dienone is 3. The third-order valence-corrected chi connectivity index (χ3v) is 3.76. The molecular weight excluding hydrogens is 292 g/mol. The van der Waals surface area contributed by atoms with Crippen LogP contribution in [0.1, 0.15) is 12.2 Å². The minimum atomic E-state index is -0.321. The second kappa shape index (κ2) is 5.64. The van der Waals surface area contributed by atoms with Crippen LogP contribution in [-0.4, -0.2) is 27.4 Å². The fourth-order valence-corrected chi connectivity index (χ4v) is 2.61. The molecule has 114 valence electrons. The van der Waals surface area contributed by atoms with Crippen LogP contribution in [0.15, 0.2) is 63.3 Å². The number of hydrogen-bond donors (Lipinski definition) is 1. The summed E-state index contributed by atoms with van der Waals surface area (Å²) in [6.45, 7) is 0. The molecule has 0 fully saturated rings. The van der Waals surface area contributed by atoms with Crippen LogP contribution < -0.4 is 0 Å². The summed E-state index contributed by atoms with van der Waals surface area (Å²) < 4.78 is 5.33. The lowest BCUT2D eigenvalue weighted by Gasteiger charge is -2.17. The van der Waals surface area contributed by atoms with Crippen LogP contribution in [0.4, 0.5) is 0 Å². The quantitative estimate of drug-likeness (QED) is 0.942. The maximum absolute atomic E-state index is 12.0. The van der Waals surface area contributed by atoms with Crippen LogP contribution in [0.5, 0.6) is 0 Å². The summed E-state index contributed by atoms with van der Waals surface area (Å²) in [6.07, 6.45) is 12.0. The SMILES string of the molecule is O=C1N=C(CCc2ncc(-c3ccco3)[nH]2)N=C2C=CC=CC12. The summed E-state index contributed by atoms with van der Waals surface area (Å²) in [6, 6.07) is 3.70. The number of amidine groups is 1. The van der Waals surface area contributed by atoms with Gasteiger partial charge in [0.1, 0.15) is 23.3 Å². The van der Waals surface area contributed by atoms with E-state index in [2.05, 4.69) is 20.0 Å². The van der Waals surface area contributed by atoms with Gasteiger partial charge in [-0.15, -0.1) is 0 Å². The Labute approximate surface area is 132 Å². The van der Waals surface area contributed by atoms with Crippen LogP contribution >= 0.6 is 0 Å². The Morgan fingerprint density at radius 1 is 1.22 bits per heavy atom. The molecule has 2 aromatic rings. The molecule has 1 N–H and O–H groups in total. The number of carbonyl (C=O) groups is 1. The standard InChI is InChI=1S/C17H14N4O2/c22-17-11-4-1-2-5-12(11)19-16(21-17)8-7-15-18-10-13(20-15)14-6-3-9-23-14/h1-6,9-11H,7-8H2,(H,18,20). The van der Waals surface area contributed by atoms with Crippen LogP contribution in [0.3, 0.4) is 0 Å². The molecule has 1 atom stereocenters. The van der Waals surface area contributed by atoms with Gasteiger partial charge in [-0.3, -0.25) is 4.79 Å². The summed E-state index contributed by atoms with van der Waals surface area (Å²) in [5.74, 6) is 1.64. The smallest absolute Gasteiger partial charge is 0.260 e. The molecule has 3 heterocycles. The van der Waals surface area contributed by atoms with Gasteiger partial charge in [0.25, 0.3) is 5.91 Å². The van der Waals surface area contributed by atoms with E-state index in [1.54, 1.807) is 12.5 Å². The lowest BCUT2D eigenvalue weighted by atomic mass is 9.96. The maximum atomic E-state index is 12.0. The van der Waals surface area contributed by atoms with Crippen molar-refractivity contribution in [2.45, 2.75) is 12.8 Å². The van der Waals surface area contributed by atoms with E-state index < -0.39 is 0 Å². The minimum Gasteiger partial charge on any atom is -0.463 e. The van der Waals surface area contributed by atoms with E-state index in [0.717, 1.165) is 23.0 Å². The lowest BCUT2D eigenvalue weighted by Crippen LogP contribution is -2.27. The summed E-state index contributed by atoms with van der Waals surface area (Å²) in [7, 11) is 0. The van der Waals surface area contributed by atoms with Gasteiger partial charge in [0.2, 0.25) is 0 Å². The van der Waals surface area contributed by atoms with Crippen molar-refractivity contribution in [3.8, 4) is 11.5 Å². The first kappa shape index (κ1) is 13.6. The van der Waals surface area contributed by atoms with Crippen molar-refractivity contribution in [2.75, 3.05) is 0 Å². The lowest BCUT2D eigenvalue weighted by molar-refractivity contribution is -0.118. The highest BCUT2D eigenvalue weighted by Gasteiger charge is 2.26. The summed E-state index contributed by atoms with van der Waals surface area (Å²) in [5.41, 5.74) is 1.59. The molecule has 4 rings (SSSR count). The molecule has 1 aliphatic carbocycles. The van der Waals surface area contributed by atoms with Gasteiger partial charge >= 0.3 is 0 Å². The Balaban J connectivity index is 1.45. The molecular formula is C17H14N4O2. The fraction of sp³-hybridized carbons (Fsp3) is 0.176. The zero-order valence-corrected chi connectivity index (χ0v) is 12.3. The molecule has 1 aliphatic heterocycles. The van der Waals surface area contributed by atoms with Crippen molar-refractivity contribution < 1.29 is 9.21 Å². The van der Waals surface area contributed by atoms with E-state index in [1.165, 1.54) is 0 Å². The molecule has 2 aromatic heterocycles. The highest BCUT2D eigenvalue weighted by molar-refractivity contribution is 6.21. The first-order chi connectivity index (χ1) is 11.3. The number of nitrogens with one attached hydrogen (secondary N) is 1. The van der Waals surface area contributed by atoms with E-state index in [1.807, 2.05) is 36.4 Å². The van der Waals surface area contributed by atoms with Gasteiger partial charge in [0, 0.05) is 12.8 Å². The van der Waals surface area contributed by atoms with Crippen LogP contribution in [0, 0.1) is 5.92 Å². The van der Waals surface area contributed by atoms with Crippen molar-refractivity contribution in [2.24, 2.45) is 15.9 Å². The Bertz CT molecular complexity index is 853. The van der Waals surface area contributed by atoms with Gasteiger partial charge < -0.3 is 9.40 Å². The van der Waals surface area contributed by atoms with E-state index in [9.17, 15) is 4.79 Å². The van der Waals surface area contributed by atoms with Crippen molar-refractivity contribution >= 4 is 17.5 Å². The molecule has 1 amide bonds. The molecule has 0 spiro atoms. The number of imidazole rings is 1. The second-order valence-electron chi connectivity index (χ2n) is 5.35. The van der Waals surface area contributed by atoms with E-state index >= 15 is 0 Å². The van der Waals surface area contributed by atoms with Gasteiger partial charge in [-0.2, -0.15) is 4.99 Å². The molecule has 0 aromatic carbocycles. The molecule has 0 saturated carbocycles. The number of fused-ring (bicyclic) bond motifs is 1. The number of aryl methyl sites for hydroxylation is 1. The molecule has 0 saturated heterocycles. The van der Waals surface area contributed by atoms with E-state index in [4.69, 9.17) is 4.42 Å². The van der Waals surface area contributed by atoms with Crippen LogP contribution in [-0.2, 0) is 11.2 Å². The number of rotatable bonds is 4. The first-order valence-electron chi connectivity index (χ1n) is 7.42. The predicted octanol–water partition coefficient (Wildman–Crippen LogP) is 2.72. The van der Waals surface area contributed by atoms with Gasteiger partial charge in [0.05, 0.1) is 18.2 Å². The number of amides is 1. The zero-order chi connectivity index (χ0) is 15.6. The average molecular weight is 306 g/mol. The van der Waals surface area contributed by atoms with Crippen LogP contribution in [0.2, 0.25) is 0 Å². The van der Waals surface area contributed by atoms with Gasteiger partial charge in [-0.1, -0.05) is 18.2 Å². The van der Waals surface area contributed by atoms with Crippen molar-refractivity contribution in [3.05, 3.63) is 54.7 Å². The zero-order valence-electron chi connectivity index (χ0n) is 12.3. The number of aromatic nitrogens is 2. The molecule has 0 radical (unpaired) electrons. The highest BCUT2D eigenvalue weighted by atomic mass is 16.3. The number of hydrogen-bond acceptors (Lipinski definition) is 4. The fourth-order valence-electron chi connectivity index (χ4n) is 2.61. The summed E-state index contributed by atoms with van der Waals surface area (Å²) >= 11 is 0. The Kier molecular flexibility index (Phi) is 3.34. The molecule has 1 unspecified atom stereocenters. The third kappa shape index (κ3) is 2.70. The molecule has 23 heavy (non-hydrogen) atoms. The van der Waals surface area contributed by atoms with Gasteiger partial charge in [0.15, 0.2) is 5.76 Å². The Morgan fingerprint density at radius 2 is 2.17 bits per heavy atom. The summed E-state index contributed by atoms with van der Waals surface area (Å²) in [4.78, 5) is 28.1. The third-order valence-electron chi connectivity index (χ3n) is 3.76. The molecule has 0 bridgehead atoms. The number of aliphatic imine (C=N–C) groups is 2. The van der Waals surface area contributed by atoms with Crippen molar-refractivity contribution in [3.63, 3.8) is 0 Å². The largest absolute Gasteiger partial charge is 0.463 e. The molecule has 2 aliphatic rings. The average Bonchev–Trinajstić information content (AvgIpc) is 3.24. The monoisotopic (exact) mass is 306 g/mol. The molecule has 6 heteroatoms. The maximum Gasteiger partial charge on any atom is 0.260 e. The van der Waals surface area contributed by atoms with Crippen molar-refractivity contribution in [1.29, 1.82) is 0 Å². The number of nitrogens with zero attached hydrogens (tertiary/aromatic N) is 3. The van der Waals surface area contributed by atoms with Crippen molar-refractivity contribution in [1.82, 2.24) is 9.97 Å². The van der Waals surface area contributed by atoms with Gasteiger partial charge in [-0.25, -0.2) is 9.98 Å². The molecule has 6 nitrogen and oxygen atoms in total. The van der Waals surface area contributed by atoms with E-state index in [0.29, 0.717) is 18.7 Å². The number of furan rings is 1.